The van der Waals surface area contributed by atoms with E-state index in [1.807, 2.05) is 20.0 Å². The molecule has 0 amide bonds. The summed E-state index contributed by atoms with van der Waals surface area (Å²) in [5.41, 5.74) is 4.60. The van der Waals surface area contributed by atoms with Gasteiger partial charge in [-0.2, -0.15) is 4.98 Å². The number of nitrogens with zero attached hydrogens (tertiary/aromatic N) is 3. The van der Waals surface area contributed by atoms with Gasteiger partial charge in [-0.25, -0.2) is 4.98 Å². The molecule has 4 nitrogen and oxygen atoms in total. The molecular formula is C26H35ClN4. The summed E-state index contributed by atoms with van der Waals surface area (Å²) < 4.78 is 2.35. The molecule has 1 aromatic carbocycles. The highest BCUT2D eigenvalue weighted by Gasteiger charge is 2.21. The third-order valence-corrected chi connectivity index (χ3v) is 6.86. The fourth-order valence-corrected chi connectivity index (χ4v) is 5.23. The fraction of sp³-hybridized carbons (Fsp3) is 0.538. The molecule has 0 bridgehead atoms. The summed E-state index contributed by atoms with van der Waals surface area (Å²) in [6, 6.07) is 10.0. The van der Waals surface area contributed by atoms with Crippen molar-refractivity contribution in [1.29, 1.82) is 0 Å². The summed E-state index contributed by atoms with van der Waals surface area (Å²) in [6.45, 7) is 4.00. The molecule has 0 spiro atoms. The van der Waals surface area contributed by atoms with Crippen LogP contribution in [0.25, 0.3) is 22.2 Å². The van der Waals surface area contributed by atoms with Gasteiger partial charge in [-0.1, -0.05) is 64.5 Å². The van der Waals surface area contributed by atoms with Crippen molar-refractivity contribution in [3.63, 3.8) is 0 Å². The molecular weight excluding hydrogens is 404 g/mol. The first-order valence-corrected chi connectivity index (χ1v) is 12.6. The Hall–Kier alpha value is -2.07. The Labute approximate surface area is 191 Å². The molecule has 0 saturated heterocycles. The molecule has 31 heavy (non-hydrogen) atoms. The van der Waals surface area contributed by atoms with Crippen molar-refractivity contribution in [3.8, 4) is 11.1 Å². The zero-order valence-corrected chi connectivity index (χ0v) is 19.7. The maximum Gasteiger partial charge on any atom is 0.224 e. The van der Waals surface area contributed by atoms with Crippen molar-refractivity contribution >= 4 is 28.3 Å². The first-order chi connectivity index (χ1) is 15.3. The van der Waals surface area contributed by atoms with E-state index in [4.69, 9.17) is 11.6 Å². The molecule has 0 atom stereocenters. The first-order valence-electron chi connectivity index (χ1n) is 12.2. The van der Waals surface area contributed by atoms with Gasteiger partial charge in [-0.05, 0) is 55.0 Å². The van der Waals surface area contributed by atoms with Crippen LogP contribution in [0.4, 0.5) is 5.69 Å². The maximum atomic E-state index is 6.15. The molecule has 2 aliphatic rings. The van der Waals surface area contributed by atoms with E-state index < -0.39 is 0 Å². The number of fused-ring (bicyclic) bond motifs is 1. The molecule has 5 rings (SSSR count). The summed E-state index contributed by atoms with van der Waals surface area (Å²) in [4.78, 5) is 8.87. The number of benzene rings is 1. The van der Waals surface area contributed by atoms with Gasteiger partial charge in [0.2, 0.25) is 5.28 Å². The first kappa shape index (κ1) is 22.1. The van der Waals surface area contributed by atoms with Gasteiger partial charge in [0.1, 0.15) is 5.65 Å². The number of anilines is 1. The average molecular weight is 439 g/mol. The van der Waals surface area contributed by atoms with Crippen LogP contribution in [0.5, 0.6) is 0 Å². The highest BCUT2D eigenvalue weighted by atomic mass is 35.5. The zero-order valence-electron chi connectivity index (χ0n) is 18.9. The van der Waals surface area contributed by atoms with Gasteiger partial charge >= 0.3 is 0 Å². The average Bonchev–Trinajstić information content (AvgIpc) is 3.21. The fourth-order valence-electron chi connectivity index (χ4n) is 5.10. The van der Waals surface area contributed by atoms with E-state index >= 15 is 0 Å². The largest absolute Gasteiger partial charge is 0.382 e. The molecule has 3 aromatic rings. The van der Waals surface area contributed by atoms with Gasteiger partial charge in [-0.3, -0.25) is 0 Å². The highest BCUT2D eigenvalue weighted by Crippen LogP contribution is 2.37. The van der Waals surface area contributed by atoms with Crippen molar-refractivity contribution in [2.24, 2.45) is 0 Å². The topological polar surface area (TPSA) is 42.7 Å². The van der Waals surface area contributed by atoms with E-state index in [0.717, 1.165) is 11.0 Å². The molecule has 2 heterocycles. The predicted octanol–water partition coefficient (Wildman–Crippen LogP) is 8.03. The second-order valence-electron chi connectivity index (χ2n) is 8.67. The summed E-state index contributed by atoms with van der Waals surface area (Å²) in [5, 5.41) is 5.13. The molecule has 2 fully saturated rings. The Morgan fingerprint density at radius 1 is 0.903 bits per heavy atom. The molecule has 2 aliphatic carbocycles. The number of nitrogens with one attached hydrogen (secondary N) is 1. The van der Waals surface area contributed by atoms with Crippen LogP contribution in [0, 0.1) is 0 Å². The van der Waals surface area contributed by atoms with E-state index in [0.29, 0.717) is 17.4 Å². The van der Waals surface area contributed by atoms with E-state index in [2.05, 4.69) is 50.3 Å². The van der Waals surface area contributed by atoms with E-state index in [-0.39, 0.29) is 0 Å². The van der Waals surface area contributed by atoms with E-state index in [9.17, 15) is 0 Å². The third-order valence-electron chi connectivity index (χ3n) is 6.68. The van der Waals surface area contributed by atoms with Gasteiger partial charge in [0.25, 0.3) is 0 Å². The minimum absolute atomic E-state index is 0.325. The van der Waals surface area contributed by atoms with Gasteiger partial charge in [0, 0.05) is 41.1 Å². The number of halogens is 1. The lowest BCUT2D eigenvalue weighted by molar-refractivity contribution is 0.360. The molecule has 5 heteroatoms. The lowest BCUT2D eigenvalue weighted by atomic mass is 9.95. The standard InChI is InChI=1S/C24H29ClN4.C2H6/c25-24-26-15-21-22(16-29(23(21)28-24)20-9-5-2-6-10-20)17-11-13-19(14-12-17)27-18-7-3-1-4-8-18;1-2/h11-16,18,20,27H,1-10H2;1-2H3. The zero-order chi connectivity index (χ0) is 21.6. The van der Waals surface area contributed by atoms with Crippen LogP contribution in [0.2, 0.25) is 5.28 Å². The number of hydrogen-bond acceptors (Lipinski definition) is 3. The van der Waals surface area contributed by atoms with Crippen LogP contribution >= 0.6 is 11.6 Å². The summed E-state index contributed by atoms with van der Waals surface area (Å²) in [5.74, 6) is 0. The minimum atomic E-state index is 0.325. The van der Waals surface area contributed by atoms with Gasteiger partial charge in [0.05, 0.1) is 0 Å². The summed E-state index contributed by atoms with van der Waals surface area (Å²) in [7, 11) is 0. The van der Waals surface area contributed by atoms with Crippen molar-refractivity contribution in [2.45, 2.75) is 90.1 Å². The Morgan fingerprint density at radius 2 is 1.55 bits per heavy atom. The van der Waals surface area contributed by atoms with Crippen molar-refractivity contribution in [2.75, 3.05) is 5.32 Å². The lowest BCUT2D eigenvalue weighted by Gasteiger charge is -2.24. The van der Waals surface area contributed by atoms with Gasteiger partial charge in [0.15, 0.2) is 0 Å². The van der Waals surface area contributed by atoms with Crippen LogP contribution in [0.15, 0.2) is 36.7 Å². The Bertz CT molecular complexity index is 967. The number of rotatable bonds is 4. The van der Waals surface area contributed by atoms with Crippen LogP contribution in [0.1, 0.15) is 84.1 Å². The van der Waals surface area contributed by atoms with Crippen LogP contribution in [-0.2, 0) is 0 Å². The quantitative estimate of drug-likeness (QED) is 0.419. The van der Waals surface area contributed by atoms with Crippen molar-refractivity contribution in [1.82, 2.24) is 14.5 Å². The Balaban J connectivity index is 0.00000112. The summed E-state index contributed by atoms with van der Waals surface area (Å²) >= 11 is 6.15. The van der Waals surface area contributed by atoms with E-state index in [1.165, 1.54) is 81.0 Å². The van der Waals surface area contributed by atoms with Gasteiger partial charge < -0.3 is 9.88 Å². The molecule has 0 aliphatic heterocycles. The Kier molecular flexibility index (Phi) is 7.49. The molecule has 0 unspecified atom stereocenters. The molecule has 166 valence electrons. The molecule has 2 aromatic heterocycles. The molecule has 2 saturated carbocycles. The van der Waals surface area contributed by atoms with E-state index in [1.54, 1.807) is 0 Å². The second-order valence-corrected chi connectivity index (χ2v) is 9.01. The maximum absolute atomic E-state index is 6.15. The SMILES string of the molecule is CC.Clc1ncc2c(-c3ccc(NC4CCCCC4)cc3)cn(C3CCCCC3)c2n1. The summed E-state index contributed by atoms with van der Waals surface area (Å²) in [6.07, 6.45) is 17.2. The van der Waals surface area contributed by atoms with Gasteiger partial charge in [-0.15, -0.1) is 0 Å². The van der Waals surface area contributed by atoms with Crippen molar-refractivity contribution < 1.29 is 0 Å². The van der Waals surface area contributed by atoms with Crippen LogP contribution in [-0.4, -0.2) is 20.6 Å². The van der Waals surface area contributed by atoms with Crippen LogP contribution in [0.3, 0.4) is 0 Å². The molecule has 0 radical (unpaired) electrons. The minimum Gasteiger partial charge on any atom is -0.382 e. The number of aromatic nitrogens is 3. The van der Waals surface area contributed by atoms with Crippen molar-refractivity contribution in [3.05, 3.63) is 41.9 Å². The monoisotopic (exact) mass is 438 g/mol. The normalized spacial score (nSPS) is 17.9. The third kappa shape index (κ3) is 5.06. The predicted molar refractivity (Wildman–Crippen MR) is 132 cm³/mol. The lowest BCUT2D eigenvalue weighted by Crippen LogP contribution is -2.22. The Morgan fingerprint density at radius 3 is 2.23 bits per heavy atom. The number of hydrogen-bond donors (Lipinski definition) is 1. The smallest absolute Gasteiger partial charge is 0.224 e. The highest BCUT2D eigenvalue weighted by molar-refractivity contribution is 6.28. The van der Waals surface area contributed by atoms with Crippen LogP contribution < -0.4 is 5.32 Å². The molecule has 1 N–H and O–H groups in total. The second kappa shape index (κ2) is 10.5.